The fraction of sp³-hybridized carbons (Fsp3) is 0.375. The lowest BCUT2D eigenvalue weighted by molar-refractivity contribution is 0.572. The monoisotopic (exact) mass is 287 g/mol. The molecule has 1 aromatic carbocycles. The van der Waals surface area contributed by atoms with E-state index in [0.717, 1.165) is 23.1 Å². The van der Waals surface area contributed by atoms with E-state index in [1.165, 1.54) is 15.3 Å². The van der Waals surface area contributed by atoms with Crippen LogP contribution in [0.1, 0.15) is 30.0 Å². The first-order chi connectivity index (χ1) is 9.95. The Hall–Kier alpha value is -2.30. The number of hydrogen-bond donors (Lipinski definition) is 1. The third kappa shape index (κ3) is 2.91. The maximum absolute atomic E-state index is 12.4. The minimum atomic E-state index is -0.421. The van der Waals surface area contributed by atoms with E-state index in [2.05, 4.69) is 0 Å². The molecular weight excluding hydrogens is 266 g/mol. The molecule has 112 valence electrons. The van der Waals surface area contributed by atoms with Gasteiger partial charge in [0.25, 0.3) is 5.56 Å². The zero-order valence-electron chi connectivity index (χ0n) is 12.7. The van der Waals surface area contributed by atoms with Crippen molar-refractivity contribution in [2.45, 2.75) is 40.3 Å². The van der Waals surface area contributed by atoms with Gasteiger partial charge in [0.15, 0.2) is 0 Å². The second-order valence-electron chi connectivity index (χ2n) is 5.32. The van der Waals surface area contributed by atoms with Crippen LogP contribution in [-0.2, 0) is 13.1 Å². The highest BCUT2D eigenvalue weighted by atomic mass is 16.2. The first-order valence-corrected chi connectivity index (χ1v) is 7.10. The van der Waals surface area contributed by atoms with Crippen LogP contribution in [-0.4, -0.2) is 9.13 Å². The highest BCUT2D eigenvalue weighted by molar-refractivity contribution is 5.35. The lowest BCUT2D eigenvalue weighted by Gasteiger charge is -2.14. The molecule has 0 unspecified atom stereocenters. The maximum atomic E-state index is 12.4. The van der Waals surface area contributed by atoms with Crippen molar-refractivity contribution in [2.24, 2.45) is 0 Å². The van der Waals surface area contributed by atoms with E-state index in [1.54, 1.807) is 0 Å². The first-order valence-electron chi connectivity index (χ1n) is 7.10. The van der Waals surface area contributed by atoms with Crippen LogP contribution in [0.3, 0.4) is 0 Å². The zero-order valence-corrected chi connectivity index (χ0v) is 12.7. The molecule has 0 fully saturated rings. The lowest BCUT2D eigenvalue weighted by Crippen LogP contribution is -2.41. The molecule has 0 saturated carbocycles. The summed E-state index contributed by atoms with van der Waals surface area (Å²) in [4.78, 5) is 24.6. The highest BCUT2D eigenvalue weighted by Gasteiger charge is 2.11. The molecule has 2 rings (SSSR count). The van der Waals surface area contributed by atoms with E-state index >= 15 is 0 Å². The van der Waals surface area contributed by atoms with E-state index in [1.807, 2.05) is 39.0 Å². The quantitative estimate of drug-likeness (QED) is 0.930. The number of benzene rings is 1. The number of aryl methyl sites for hydroxylation is 3. The molecule has 0 spiro atoms. The van der Waals surface area contributed by atoms with Gasteiger partial charge < -0.3 is 5.73 Å². The summed E-state index contributed by atoms with van der Waals surface area (Å²) in [6, 6.07) is 5.92. The number of nitrogens with two attached hydrogens (primary N) is 1. The van der Waals surface area contributed by atoms with Crippen LogP contribution in [0, 0.1) is 13.8 Å². The van der Waals surface area contributed by atoms with Gasteiger partial charge in [-0.25, -0.2) is 4.79 Å². The molecule has 0 amide bonds. The van der Waals surface area contributed by atoms with E-state index in [-0.39, 0.29) is 17.9 Å². The van der Waals surface area contributed by atoms with Gasteiger partial charge >= 0.3 is 5.69 Å². The van der Waals surface area contributed by atoms with Crippen LogP contribution in [0.4, 0.5) is 5.69 Å². The second-order valence-corrected chi connectivity index (χ2v) is 5.32. The molecule has 21 heavy (non-hydrogen) atoms. The van der Waals surface area contributed by atoms with Crippen LogP contribution in [0.2, 0.25) is 0 Å². The van der Waals surface area contributed by atoms with Crippen molar-refractivity contribution < 1.29 is 0 Å². The minimum Gasteiger partial charge on any atom is -0.393 e. The Morgan fingerprint density at radius 3 is 2.33 bits per heavy atom. The Morgan fingerprint density at radius 1 is 1.14 bits per heavy atom. The number of nitrogens with zero attached hydrogens (tertiary/aromatic N) is 2. The molecule has 5 heteroatoms. The summed E-state index contributed by atoms with van der Waals surface area (Å²) < 4.78 is 2.73. The van der Waals surface area contributed by atoms with Gasteiger partial charge in [0.2, 0.25) is 0 Å². The Labute approximate surface area is 123 Å². The van der Waals surface area contributed by atoms with Crippen LogP contribution >= 0.6 is 0 Å². The molecule has 0 aliphatic heterocycles. The molecule has 2 N–H and O–H groups in total. The van der Waals surface area contributed by atoms with Crippen molar-refractivity contribution >= 4 is 5.69 Å². The smallest absolute Gasteiger partial charge is 0.331 e. The van der Waals surface area contributed by atoms with Gasteiger partial charge in [-0.15, -0.1) is 0 Å². The SMILES string of the molecule is CCCn1cc(N)c(=O)n(Cc2c(C)cccc2C)c1=O. The van der Waals surface area contributed by atoms with Gasteiger partial charge in [0, 0.05) is 12.7 Å². The summed E-state index contributed by atoms with van der Waals surface area (Å²) in [5.74, 6) is 0. The van der Waals surface area contributed by atoms with Gasteiger partial charge in [-0.2, -0.15) is 0 Å². The van der Waals surface area contributed by atoms with Crippen molar-refractivity contribution in [1.82, 2.24) is 9.13 Å². The summed E-state index contributed by atoms with van der Waals surface area (Å²) in [6.07, 6.45) is 2.25. The van der Waals surface area contributed by atoms with Crippen molar-refractivity contribution in [3.63, 3.8) is 0 Å². The summed E-state index contributed by atoms with van der Waals surface area (Å²) in [7, 11) is 0. The van der Waals surface area contributed by atoms with Crippen molar-refractivity contribution in [3.05, 3.63) is 61.9 Å². The van der Waals surface area contributed by atoms with Gasteiger partial charge in [-0.05, 0) is 37.0 Å². The molecule has 5 nitrogen and oxygen atoms in total. The molecule has 1 heterocycles. The zero-order chi connectivity index (χ0) is 15.6. The van der Waals surface area contributed by atoms with Gasteiger partial charge in [0.1, 0.15) is 5.69 Å². The van der Waals surface area contributed by atoms with Crippen LogP contribution in [0.25, 0.3) is 0 Å². The number of anilines is 1. The Bertz CT molecular complexity index is 752. The molecule has 0 aliphatic carbocycles. The van der Waals surface area contributed by atoms with E-state index in [9.17, 15) is 9.59 Å². The first kappa shape index (κ1) is 15.1. The number of hydrogen-bond acceptors (Lipinski definition) is 3. The summed E-state index contributed by atoms with van der Waals surface area (Å²) in [6.45, 7) is 6.74. The molecule has 1 aromatic heterocycles. The average molecular weight is 287 g/mol. The van der Waals surface area contributed by atoms with Crippen LogP contribution in [0.5, 0.6) is 0 Å². The normalized spacial score (nSPS) is 10.8. The Kier molecular flexibility index (Phi) is 4.31. The summed E-state index contributed by atoms with van der Waals surface area (Å²) >= 11 is 0. The predicted molar refractivity (Wildman–Crippen MR) is 84.7 cm³/mol. The standard InChI is InChI=1S/C16H21N3O2/c1-4-8-18-10-14(17)15(20)19(16(18)21)9-13-11(2)6-5-7-12(13)3/h5-7,10H,4,8-9,17H2,1-3H3. The maximum Gasteiger partial charge on any atom is 0.331 e. The Morgan fingerprint density at radius 2 is 1.76 bits per heavy atom. The van der Waals surface area contributed by atoms with Crippen molar-refractivity contribution in [3.8, 4) is 0 Å². The molecule has 0 radical (unpaired) electrons. The third-order valence-electron chi connectivity index (χ3n) is 3.69. The second kappa shape index (κ2) is 5.99. The van der Waals surface area contributed by atoms with Gasteiger partial charge in [0.05, 0.1) is 6.54 Å². The molecule has 0 bridgehead atoms. The van der Waals surface area contributed by atoms with Crippen molar-refractivity contribution in [1.29, 1.82) is 0 Å². The number of rotatable bonds is 4. The van der Waals surface area contributed by atoms with Crippen LogP contribution in [0.15, 0.2) is 34.0 Å². The molecule has 0 atom stereocenters. The van der Waals surface area contributed by atoms with E-state index in [0.29, 0.717) is 6.54 Å². The number of nitrogen functional groups attached to an aromatic ring is 1. The summed E-state index contributed by atoms with van der Waals surface area (Å²) in [5, 5.41) is 0. The van der Waals surface area contributed by atoms with Crippen LogP contribution < -0.4 is 17.0 Å². The van der Waals surface area contributed by atoms with Gasteiger partial charge in [-0.3, -0.25) is 13.9 Å². The highest BCUT2D eigenvalue weighted by Crippen LogP contribution is 2.13. The molecular formula is C16H21N3O2. The lowest BCUT2D eigenvalue weighted by atomic mass is 10.0. The third-order valence-corrected chi connectivity index (χ3v) is 3.69. The summed E-state index contributed by atoms with van der Waals surface area (Å²) in [5.41, 5.74) is 8.25. The van der Waals surface area contributed by atoms with Gasteiger partial charge in [-0.1, -0.05) is 25.1 Å². The van der Waals surface area contributed by atoms with E-state index in [4.69, 9.17) is 5.73 Å². The van der Waals surface area contributed by atoms with E-state index < -0.39 is 5.56 Å². The average Bonchev–Trinajstić information content (AvgIpc) is 2.44. The minimum absolute atomic E-state index is 0.106. The Balaban J connectivity index is 2.59. The number of aromatic nitrogens is 2. The van der Waals surface area contributed by atoms with Crippen molar-refractivity contribution in [2.75, 3.05) is 5.73 Å². The fourth-order valence-corrected chi connectivity index (χ4v) is 2.47. The molecule has 0 saturated heterocycles. The molecule has 0 aliphatic rings. The topological polar surface area (TPSA) is 70.0 Å². The largest absolute Gasteiger partial charge is 0.393 e. The predicted octanol–water partition coefficient (Wildman–Crippen LogP) is 1.67. The fourth-order valence-electron chi connectivity index (χ4n) is 2.47. The molecule has 2 aromatic rings.